The Hall–Kier alpha value is -1.75. The van der Waals surface area contributed by atoms with Gasteiger partial charge in [-0.3, -0.25) is 4.98 Å². The molecule has 0 aliphatic rings. The first-order valence-corrected chi connectivity index (χ1v) is 5.80. The summed E-state index contributed by atoms with van der Waals surface area (Å²) in [6.45, 7) is 1.79. The van der Waals surface area contributed by atoms with E-state index in [0.29, 0.717) is 16.8 Å². The van der Waals surface area contributed by atoms with Gasteiger partial charge in [0.15, 0.2) is 5.52 Å². The molecule has 17 heavy (non-hydrogen) atoms. The molecule has 4 nitrogen and oxygen atoms in total. The molecule has 0 bridgehead atoms. The summed E-state index contributed by atoms with van der Waals surface area (Å²) in [6.07, 6.45) is 1.64. The minimum atomic E-state index is -0.453. The van der Waals surface area contributed by atoms with Crippen LogP contribution in [0.25, 0.3) is 22.0 Å². The summed E-state index contributed by atoms with van der Waals surface area (Å²) in [7, 11) is 0. The highest BCUT2D eigenvalue weighted by molar-refractivity contribution is 9.10. The first kappa shape index (κ1) is 10.4. The zero-order valence-electron chi connectivity index (χ0n) is 8.90. The second kappa shape index (κ2) is 3.63. The standard InChI is InChI=1S/C12H7BrN2O2/c1-6-5-14-10-8-4-7(13)2-3-9(8)17-12(16)11(10)15-6/h2-5H,1H3. The Balaban J connectivity index is 2.62. The minimum absolute atomic E-state index is 0.274. The third kappa shape index (κ3) is 1.63. The smallest absolute Gasteiger partial charge is 0.364 e. The van der Waals surface area contributed by atoms with Crippen LogP contribution in [0.3, 0.4) is 0 Å². The maximum absolute atomic E-state index is 11.7. The maximum atomic E-state index is 11.7. The third-order valence-corrected chi connectivity index (χ3v) is 2.98. The summed E-state index contributed by atoms with van der Waals surface area (Å²) in [4.78, 5) is 20.2. The average molecular weight is 291 g/mol. The van der Waals surface area contributed by atoms with Gasteiger partial charge < -0.3 is 4.42 Å². The minimum Gasteiger partial charge on any atom is -0.421 e. The van der Waals surface area contributed by atoms with Crippen LogP contribution in [0.1, 0.15) is 5.69 Å². The molecule has 0 radical (unpaired) electrons. The zero-order valence-corrected chi connectivity index (χ0v) is 10.5. The number of fused-ring (bicyclic) bond motifs is 3. The molecule has 5 heteroatoms. The lowest BCUT2D eigenvalue weighted by molar-refractivity contribution is 0.567. The van der Waals surface area contributed by atoms with E-state index in [9.17, 15) is 4.79 Å². The Morgan fingerprint density at radius 3 is 2.94 bits per heavy atom. The molecule has 0 aliphatic heterocycles. The predicted octanol–water partition coefficient (Wildman–Crippen LogP) is 2.81. The van der Waals surface area contributed by atoms with Gasteiger partial charge in [0, 0.05) is 16.1 Å². The zero-order chi connectivity index (χ0) is 12.0. The normalized spacial score (nSPS) is 11.2. The van der Waals surface area contributed by atoms with Gasteiger partial charge in [-0.2, -0.15) is 0 Å². The fraction of sp³-hybridized carbons (Fsp3) is 0.0833. The Kier molecular flexibility index (Phi) is 2.22. The summed E-state index contributed by atoms with van der Waals surface area (Å²) in [5.41, 5.74) is 1.60. The number of hydrogen-bond acceptors (Lipinski definition) is 4. The summed E-state index contributed by atoms with van der Waals surface area (Å²) in [5.74, 6) is 0. The number of aromatic nitrogens is 2. The lowest BCUT2D eigenvalue weighted by Crippen LogP contribution is -2.04. The van der Waals surface area contributed by atoms with Crippen molar-refractivity contribution in [2.45, 2.75) is 6.92 Å². The highest BCUT2D eigenvalue weighted by Gasteiger charge is 2.10. The number of benzene rings is 1. The van der Waals surface area contributed by atoms with Crippen molar-refractivity contribution in [3.8, 4) is 0 Å². The number of halogens is 1. The van der Waals surface area contributed by atoms with Gasteiger partial charge >= 0.3 is 5.63 Å². The van der Waals surface area contributed by atoms with E-state index in [4.69, 9.17) is 4.42 Å². The molecule has 2 aromatic heterocycles. The molecular formula is C12H7BrN2O2. The van der Waals surface area contributed by atoms with Gasteiger partial charge in [-0.25, -0.2) is 9.78 Å². The average Bonchev–Trinajstić information content (AvgIpc) is 2.30. The fourth-order valence-corrected chi connectivity index (χ4v) is 2.10. The van der Waals surface area contributed by atoms with Crippen LogP contribution in [0.5, 0.6) is 0 Å². The molecule has 0 N–H and O–H groups in total. The Labute approximate surface area is 104 Å². The van der Waals surface area contributed by atoms with Gasteiger partial charge in [0.2, 0.25) is 0 Å². The van der Waals surface area contributed by atoms with Gasteiger partial charge in [0.25, 0.3) is 0 Å². The number of aryl methyl sites for hydroxylation is 1. The molecule has 0 spiro atoms. The molecule has 0 amide bonds. The van der Waals surface area contributed by atoms with Crippen molar-refractivity contribution in [3.05, 3.63) is 45.0 Å². The Bertz CT molecular complexity index is 795. The molecule has 3 rings (SSSR count). The van der Waals surface area contributed by atoms with Crippen LogP contribution >= 0.6 is 15.9 Å². The van der Waals surface area contributed by atoms with Gasteiger partial charge in [0.1, 0.15) is 11.1 Å². The van der Waals surface area contributed by atoms with Crippen LogP contribution in [-0.2, 0) is 0 Å². The first-order chi connectivity index (χ1) is 8.15. The summed E-state index contributed by atoms with van der Waals surface area (Å²) >= 11 is 3.38. The van der Waals surface area contributed by atoms with Gasteiger partial charge in [-0.05, 0) is 25.1 Å². The SMILES string of the molecule is Cc1cnc2c(n1)c(=O)oc1ccc(Br)cc12. The summed E-state index contributed by atoms with van der Waals surface area (Å²) < 4.78 is 6.11. The number of rotatable bonds is 0. The van der Waals surface area contributed by atoms with Crippen molar-refractivity contribution in [1.82, 2.24) is 9.97 Å². The van der Waals surface area contributed by atoms with Crippen molar-refractivity contribution in [3.63, 3.8) is 0 Å². The molecule has 0 saturated carbocycles. The van der Waals surface area contributed by atoms with Crippen LogP contribution in [0, 0.1) is 6.92 Å². The van der Waals surface area contributed by atoms with E-state index in [2.05, 4.69) is 25.9 Å². The highest BCUT2D eigenvalue weighted by atomic mass is 79.9. The molecule has 2 heterocycles. The third-order valence-electron chi connectivity index (χ3n) is 2.49. The van der Waals surface area contributed by atoms with Gasteiger partial charge in [-0.1, -0.05) is 15.9 Å². The fourth-order valence-electron chi connectivity index (χ4n) is 1.74. The second-order valence-electron chi connectivity index (χ2n) is 3.74. The molecule has 3 aromatic rings. The molecule has 1 aromatic carbocycles. The topological polar surface area (TPSA) is 56.0 Å². The molecule has 0 atom stereocenters. The van der Waals surface area contributed by atoms with Crippen LogP contribution in [-0.4, -0.2) is 9.97 Å². The Morgan fingerprint density at radius 2 is 2.12 bits per heavy atom. The van der Waals surface area contributed by atoms with Crippen LogP contribution < -0.4 is 5.63 Å². The lowest BCUT2D eigenvalue weighted by Gasteiger charge is -2.02. The second-order valence-corrected chi connectivity index (χ2v) is 4.65. The van der Waals surface area contributed by atoms with E-state index in [1.54, 1.807) is 19.2 Å². The summed E-state index contributed by atoms with van der Waals surface area (Å²) in [6, 6.07) is 5.42. The molecule has 0 aliphatic carbocycles. The highest BCUT2D eigenvalue weighted by Crippen LogP contribution is 2.23. The predicted molar refractivity (Wildman–Crippen MR) is 68.0 cm³/mol. The lowest BCUT2D eigenvalue weighted by atomic mass is 10.2. The molecule has 0 fully saturated rings. The van der Waals surface area contributed by atoms with Crippen molar-refractivity contribution < 1.29 is 4.42 Å². The maximum Gasteiger partial charge on any atom is 0.364 e. The van der Waals surface area contributed by atoms with E-state index in [0.717, 1.165) is 9.86 Å². The molecule has 84 valence electrons. The number of hydrogen-bond donors (Lipinski definition) is 0. The Morgan fingerprint density at radius 1 is 1.29 bits per heavy atom. The monoisotopic (exact) mass is 290 g/mol. The van der Waals surface area contributed by atoms with Crippen LogP contribution in [0.4, 0.5) is 0 Å². The summed E-state index contributed by atoms with van der Waals surface area (Å²) in [5, 5.41) is 0.779. The quantitative estimate of drug-likeness (QED) is 0.472. The van der Waals surface area contributed by atoms with Crippen molar-refractivity contribution in [2.75, 3.05) is 0 Å². The van der Waals surface area contributed by atoms with Crippen molar-refractivity contribution in [1.29, 1.82) is 0 Å². The van der Waals surface area contributed by atoms with Crippen LogP contribution in [0.2, 0.25) is 0 Å². The van der Waals surface area contributed by atoms with Crippen molar-refractivity contribution >= 4 is 37.9 Å². The van der Waals surface area contributed by atoms with Gasteiger partial charge in [-0.15, -0.1) is 0 Å². The largest absolute Gasteiger partial charge is 0.421 e. The van der Waals surface area contributed by atoms with Crippen LogP contribution in [0.15, 0.2) is 38.1 Å². The number of nitrogens with zero attached hydrogens (tertiary/aromatic N) is 2. The van der Waals surface area contributed by atoms with E-state index < -0.39 is 5.63 Å². The van der Waals surface area contributed by atoms with E-state index in [1.807, 2.05) is 12.1 Å². The van der Waals surface area contributed by atoms with E-state index in [1.165, 1.54) is 0 Å². The van der Waals surface area contributed by atoms with Crippen molar-refractivity contribution in [2.24, 2.45) is 0 Å². The van der Waals surface area contributed by atoms with E-state index >= 15 is 0 Å². The molecular weight excluding hydrogens is 284 g/mol. The first-order valence-electron chi connectivity index (χ1n) is 5.01. The van der Waals surface area contributed by atoms with Gasteiger partial charge in [0.05, 0.1) is 5.69 Å². The molecule has 0 unspecified atom stereocenters. The van der Waals surface area contributed by atoms with E-state index in [-0.39, 0.29) is 5.52 Å². The molecule has 0 saturated heterocycles.